The first kappa shape index (κ1) is 38.4. The van der Waals surface area contributed by atoms with Crippen molar-refractivity contribution in [2.45, 2.75) is 53.4 Å². The molecular weight excluding hydrogens is 712 g/mol. The monoisotopic (exact) mass is 758 g/mol. The SMILES string of the molecule is CCOC(=O)C1(C(=O)OCC)Cc2c3c(c(-c4c(OC)ccc5ccccc45)c(-c4c(OC)ccc5ccccc45)c2C1)CC(C(=O)OCC)(C(=O)OCC)C3. The highest BCUT2D eigenvalue weighted by molar-refractivity contribution is 6.13. The lowest BCUT2D eigenvalue weighted by Gasteiger charge is -2.26. The summed E-state index contributed by atoms with van der Waals surface area (Å²) in [4.78, 5) is 57.1. The molecule has 0 heterocycles. The molecule has 5 aromatic rings. The molecule has 0 radical (unpaired) electrons. The molecule has 5 aromatic carbocycles. The van der Waals surface area contributed by atoms with Crippen molar-refractivity contribution in [1.82, 2.24) is 0 Å². The van der Waals surface area contributed by atoms with E-state index in [1.165, 1.54) is 0 Å². The smallest absolute Gasteiger partial charge is 0.324 e. The number of methoxy groups -OCH3 is 2. The molecule has 0 unspecified atom stereocenters. The van der Waals surface area contributed by atoms with E-state index in [1.807, 2.05) is 72.8 Å². The molecule has 0 atom stereocenters. The van der Waals surface area contributed by atoms with Crippen LogP contribution in [0.1, 0.15) is 49.9 Å². The summed E-state index contributed by atoms with van der Waals surface area (Å²) in [6.07, 6.45) is -0.282. The number of esters is 4. The number of ether oxygens (including phenoxy) is 6. The maximum absolute atomic E-state index is 14.3. The molecule has 10 heteroatoms. The van der Waals surface area contributed by atoms with Crippen LogP contribution in [-0.2, 0) is 63.8 Å². The second-order valence-corrected chi connectivity index (χ2v) is 14.1. The van der Waals surface area contributed by atoms with Crippen molar-refractivity contribution in [3.05, 3.63) is 95.1 Å². The number of rotatable bonds is 12. The molecule has 56 heavy (non-hydrogen) atoms. The van der Waals surface area contributed by atoms with Gasteiger partial charge >= 0.3 is 23.9 Å². The zero-order valence-electron chi connectivity index (χ0n) is 32.7. The van der Waals surface area contributed by atoms with Crippen molar-refractivity contribution in [3.63, 3.8) is 0 Å². The minimum atomic E-state index is -1.75. The van der Waals surface area contributed by atoms with Crippen LogP contribution in [0.15, 0.2) is 72.8 Å². The third-order valence-corrected chi connectivity index (χ3v) is 11.2. The first-order valence-electron chi connectivity index (χ1n) is 19.1. The van der Waals surface area contributed by atoms with Gasteiger partial charge in [-0.25, -0.2) is 0 Å². The van der Waals surface area contributed by atoms with Crippen LogP contribution in [0.25, 0.3) is 43.8 Å². The Balaban J connectivity index is 1.72. The molecule has 2 aliphatic rings. The van der Waals surface area contributed by atoms with Crippen molar-refractivity contribution in [1.29, 1.82) is 0 Å². The molecule has 0 saturated heterocycles. The topological polar surface area (TPSA) is 124 Å². The zero-order valence-corrected chi connectivity index (χ0v) is 32.7. The first-order valence-corrected chi connectivity index (χ1v) is 19.1. The van der Waals surface area contributed by atoms with Gasteiger partial charge in [-0.15, -0.1) is 0 Å². The van der Waals surface area contributed by atoms with Crippen LogP contribution < -0.4 is 9.47 Å². The van der Waals surface area contributed by atoms with Crippen molar-refractivity contribution in [3.8, 4) is 33.8 Å². The Morgan fingerprint density at radius 2 is 0.768 bits per heavy atom. The van der Waals surface area contributed by atoms with Gasteiger partial charge in [0.15, 0.2) is 10.8 Å². The normalized spacial score (nSPS) is 14.8. The molecule has 7 rings (SSSR count). The third kappa shape index (κ3) is 5.93. The van der Waals surface area contributed by atoms with Gasteiger partial charge in [-0.2, -0.15) is 0 Å². The van der Waals surface area contributed by atoms with Gasteiger partial charge in [-0.3, -0.25) is 19.2 Å². The molecule has 0 N–H and O–H groups in total. The van der Waals surface area contributed by atoms with Crippen molar-refractivity contribution < 1.29 is 47.6 Å². The number of carbonyl (C=O) groups excluding carboxylic acids is 4. The second-order valence-electron chi connectivity index (χ2n) is 14.1. The largest absolute Gasteiger partial charge is 0.496 e. The highest BCUT2D eigenvalue weighted by Crippen LogP contribution is 2.59. The first-order chi connectivity index (χ1) is 27.1. The average Bonchev–Trinajstić information content (AvgIpc) is 3.82. The Kier molecular flexibility index (Phi) is 10.5. The van der Waals surface area contributed by atoms with Crippen LogP contribution in [0.3, 0.4) is 0 Å². The summed E-state index contributed by atoms with van der Waals surface area (Å²) >= 11 is 0. The Morgan fingerprint density at radius 3 is 1.09 bits per heavy atom. The van der Waals surface area contributed by atoms with Gasteiger partial charge in [0.1, 0.15) is 11.5 Å². The predicted octanol–water partition coefficient (Wildman–Crippen LogP) is 7.77. The van der Waals surface area contributed by atoms with E-state index in [9.17, 15) is 19.2 Å². The zero-order chi connectivity index (χ0) is 39.8. The van der Waals surface area contributed by atoms with E-state index in [0.29, 0.717) is 44.9 Å². The van der Waals surface area contributed by atoms with E-state index in [1.54, 1.807) is 41.9 Å². The number of hydrogen-bond acceptors (Lipinski definition) is 10. The predicted molar refractivity (Wildman–Crippen MR) is 212 cm³/mol. The molecule has 0 aliphatic heterocycles. The fourth-order valence-corrected chi connectivity index (χ4v) is 8.85. The Hall–Kier alpha value is -5.90. The van der Waals surface area contributed by atoms with Crippen LogP contribution in [0.2, 0.25) is 0 Å². The van der Waals surface area contributed by atoms with Crippen molar-refractivity contribution in [2.24, 2.45) is 10.8 Å². The second kappa shape index (κ2) is 15.3. The van der Waals surface area contributed by atoms with Gasteiger partial charge in [0.25, 0.3) is 0 Å². The summed E-state index contributed by atoms with van der Waals surface area (Å²) in [6.45, 7) is 6.97. The molecule has 0 spiro atoms. The Bertz CT molecular complexity index is 2190. The number of hydrogen-bond donors (Lipinski definition) is 0. The van der Waals surface area contributed by atoms with Crippen molar-refractivity contribution >= 4 is 45.4 Å². The summed E-state index contributed by atoms with van der Waals surface area (Å²) in [5.74, 6) is -1.72. The molecule has 0 amide bonds. The Labute approximate surface area is 326 Å². The van der Waals surface area contributed by atoms with Crippen LogP contribution in [-0.4, -0.2) is 64.5 Å². The quantitative estimate of drug-likeness (QED) is 0.0709. The molecule has 10 nitrogen and oxygen atoms in total. The molecule has 2 aliphatic carbocycles. The summed E-state index contributed by atoms with van der Waals surface area (Å²) in [5.41, 5.74) is 2.05. The van der Waals surface area contributed by atoms with E-state index in [2.05, 4.69) is 0 Å². The van der Waals surface area contributed by atoms with Crippen LogP contribution in [0.5, 0.6) is 11.5 Å². The van der Waals surface area contributed by atoms with E-state index >= 15 is 0 Å². The molecule has 290 valence electrons. The highest BCUT2D eigenvalue weighted by atomic mass is 16.6. The van der Waals surface area contributed by atoms with Gasteiger partial charge in [0.2, 0.25) is 0 Å². The third-order valence-electron chi connectivity index (χ3n) is 11.2. The van der Waals surface area contributed by atoms with E-state index in [-0.39, 0.29) is 52.1 Å². The van der Waals surface area contributed by atoms with Gasteiger partial charge < -0.3 is 28.4 Å². The van der Waals surface area contributed by atoms with Crippen LogP contribution in [0, 0.1) is 10.8 Å². The summed E-state index contributed by atoms with van der Waals surface area (Å²) in [6, 6.07) is 23.6. The fourth-order valence-electron chi connectivity index (χ4n) is 8.85. The molecular formula is C46H46O10. The minimum absolute atomic E-state index is 0.0473. The molecule has 0 aromatic heterocycles. The van der Waals surface area contributed by atoms with E-state index in [4.69, 9.17) is 28.4 Å². The van der Waals surface area contributed by atoms with Gasteiger partial charge in [0.05, 0.1) is 40.6 Å². The molecule has 0 saturated carbocycles. The standard InChI is InChI=1S/C46H46O10/c1-7-53-41(47)45(42(48)54-8-2)23-31-32-24-46(43(49)55-9-3,44(50)56-10-4)26-34(32)40(38-30-18-14-12-16-28(30)20-22-36(38)52-6)39(33(31)25-45)37-29-17-13-11-15-27(29)19-21-35(37)51-5/h11-22H,7-10,23-26H2,1-6H3. The van der Waals surface area contributed by atoms with Crippen molar-refractivity contribution in [2.75, 3.05) is 40.6 Å². The summed E-state index contributed by atoms with van der Waals surface area (Å²) in [5, 5.41) is 3.58. The summed E-state index contributed by atoms with van der Waals surface area (Å²) in [7, 11) is 3.21. The average molecular weight is 759 g/mol. The lowest BCUT2D eigenvalue weighted by atomic mass is 9.79. The van der Waals surface area contributed by atoms with Crippen LogP contribution in [0.4, 0.5) is 0 Å². The van der Waals surface area contributed by atoms with Gasteiger partial charge in [-0.05, 0) is 94.8 Å². The minimum Gasteiger partial charge on any atom is -0.496 e. The molecule has 0 fully saturated rings. The number of carbonyl (C=O) groups is 4. The lowest BCUT2D eigenvalue weighted by Crippen LogP contribution is -2.43. The summed E-state index contributed by atoms with van der Waals surface area (Å²) < 4.78 is 35.0. The maximum Gasteiger partial charge on any atom is 0.324 e. The fraction of sp³-hybridized carbons (Fsp3) is 0.348. The van der Waals surface area contributed by atoms with E-state index < -0.39 is 34.7 Å². The highest BCUT2D eigenvalue weighted by Gasteiger charge is 2.59. The number of fused-ring (bicyclic) bond motifs is 5. The maximum atomic E-state index is 14.3. The number of benzene rings is 5. The molecule has 0 bridgehead atoms. The van der Waals surface area contributed by atoms with Gasteiger partial charge in [0, 0.05) is 36.8 Å². The Morgan fingerprint density at radius 1 is 0.446 bits per heavy atom. The van der Waals surface area contributed by atoms with Gasteiger partial charge in [-0.1, -0.05) is 60.7 Å². The lowest BCUT2D eigenvalue weighted by molar-refractivity contribution is -0.173. The van der Waals surface area contributed by atoms with Crippen LogP contribution >= 0.6 is 0 Å². The van der Waals surface area contributed by atoms with E-state index in [0.717, 1.165) is 32.7 Å².